The van der Waals surface area contributed by atoms with E-state index in [9.17, 15) is 9.18 Å². The first-order valence-corrected chi connectivity index (χ1v) is 8.33. The number of nitrogens with one attached hydrogen (secondary N) is 2. The van der Waals surface area contributed by atoms with Gasteiger partial charge in [-0.3, -0.25) is 4.79 Å². The molecule has 4 rings (SSSR count). The normalized spacial score (nSPS) is 22.0. The predicted octanol–water partition coefficient (Wildman–Crippen LogP) is 1.81. The van der Waals surface area contributed by atoms with E-state index in [1.807, 2.05) is 0 Å². The van der Waals surface area contributed by atoms with Gasteiger partial charge in [-0.05, 0) is 12.1 Å². The van der Waals surface area contributed by atoms with Crippen LogP contribution in [0.4, 0.5) is 4.39 Å². The Labute approximate surface area is 136 Å². The average Bonchev–Trinajstić information content (AvgIpc) is 3.14. The van der Waals surface area contributed by atoms with E-state index in [1.165, 1.54) is 23.6 Å². The third-order valence-corrected chi connectivity index (χ3v) is 5.30. The van der Waals surface area contributed by atoms with Gasteiger partial charge >= 0.3 is 0 Å². The van der Waals surface area contributed by atoms with Crippen molar-refractivity contribution >= 4 is 17.2 Å². The number of hydrogen-bond acceptors (Lipinski definition) is 5. The molecule has 1 aromatic carbocycles. The van der Waals surface area contributed by atoms with Gasteiger partial charge in [0.25, 0.3) is 5.91 Å². The molecule has 1 spiro atoms. The molecule has 2 N–H and O–H groups in total. The van der Waals surface area contributed by atoms with E-state index in [0.29, 0.717) is 22.1 Å². The number of carbonyl (C=O) groups excluding carboxylic acids is 1. The van der Waals surface area contributed by atoms with Gasteiger partial charge in [0.15, 0.2) is 0 Å². The van der Waals surface area contributed by atoms with Gasteiger partial charge in [-0.25, -0.2) is 9.37 Å². The van der Waals surface area contributed by atoms with Crippen LogP contribution in [0.25, 0.3) is 10.6 Å². The second-order valence-electron chi connectivity index (χ2n) is 5.98. The van der Waals surface area contributed by atoms with Crippen molar-refractivity contribution in [3.05, 3.63) is 41.2 Å². The first kappa shape index (κ1) is 14.7. The lowest BCUT2D eigenvalue weighted by Crippen LogP contribution is -2.59. The van der Waals surface area contributed by atoms with Crippen molar-refractivity contribution in [2.45, 2.75) is 18.1 Å². The molecule has 2 saturated heterocycles. The second kappa shape index (κ2) is 5.67. The summed E-state index contributed by atoms with van der Waals surface area (Å²) in [4.78, 5) is 17.0. The molecule has 7 heteroatoms. The van der Waals surface area contributed by atoms with Crippen molar-refractivity contribution in [2.24, 2.45) is 0 Å². The minimum Gasteiger partial charge on any atom is -0.370 e. The zero-order valence-electron chi connectivity index (χ0n) is 12.3. The maximum absolute atomic E-state index is 13.8. The van der Waals surface area contributed by atoms with Gasteiger partial charge < -0.3 is 15.4 Å². The van der Waals surface area contributed by atoms with Crippen molar-refractivity contribution in [1.29, 1.82) is 0 Å². The first-order valence-electron chi connectivity index (χ1n) is 7.51. The SMILES string of the molecule is O=C(NC1COC2(CNC2)C1)c1cnc(-c2ccccc2F)s1. The third kappa shape index (κ3) is 2.75. The Morgan fingerprint density at radius 2 is 2.26 bits per heavy atom. The summed E-state index contributed by atoms with van der Waals surface area (Å²) in [6.45, 7) is 2.22. The lowest BCUT2D eigenvalue weighted by molar-refractivity contribution is -0.0360. The Balaban J connectivity index is 1.44. The van der Waals surface area contributed by atoms with Crippen LogP contribution in [0.2, 0.25) is 0 Å². The maximum atomic E-state index is 13.8. The van der Waals surface area contributed by atoms with Gasteiger partial charge in [0.1, 0.15) is 15.7 Å². The number of rotatable bonds is 3. The van der Waals surface area contributed by atoms with Crippen LogP contribution in [0.15, 0.2) is 30.5 Å². The van der Waals surface area contributed by atoms with Crippen molar-refractivity contribution < 1.29 is 13.9 Å². The highest BCUT2D eigenvalue weighted by atomic mass is 32.1. The monoisotopic (exact) mass is 333 g/mol. The highest BCUT2D eigenvalue weighted by Crippen LogP contribution is 2.30. The summed E-state index contributed by atoms with van der Waals surface area (Å²) in [6, 6.07) is 6.45. The number of amides is 1. The molecule has 2 aromatic rings. The molecular formula is C16H16FN3O2S. The number of hydrogen-bond donors (Lipinski definition) is 2. The summed E-state index contributed by atoms with van der Waals surface area (Å²) < 4.78 is 19.6. The summed E-state index contributed by atoms with van der Waals surface area (Å²) in [6.07, 6.45) is 2.32. The summed E-state index contributed by atoms with van der Waals surface area (Å²) in [5.41, 5.74) is 0.324. The molecule has 1 atom stereocenters. The Hall–Kier alpha value is -1.83. The zero-order valence-corrected chi connectivity index (χ0v) is 13.2. The van der Waals surface area contributed by atoms with Gasteiger partial charge in [0.05, 0.1) is 24.4 Å². The van der Waals surface area contributed by atoms with Crippen LogP contribution in [0.3, 0.4) is 0 Å². The molecule has 1 unspecified atom stereocenters. The van der Waals surface area contributed by atoms with Crippen LogP contribution in [-0.2, 0) is 4.74 Å². The molecule has 0 aliphatic carbocycles. The maximum Gasteiger partial charge on any atom is 0.263 e. The molecule has 1 aromatic heterocycles. The van der Waals surface area contributed by atoms with Crippen LogP contribution in [-0.4, -0.2) is 42.2 Å². The molecule has 2 aliphatic rings. The van der Waals surface area contributed by atoms with Crippen molar-refractivity contribution in [2.75, 3.05) is 19.7 Å². The van der Waals surface area contributed by atoms with Gasteiger partial charge in [-0.15, -0.1) is 11.3 Å². The molecule has 2 aliphatic heterocycles. The highest BCUT2D eigenvalue weighted by Gasteiger charge is 2.45. The Kier molecular flexibility index (Phi) is 3.63. The minimum absolute atomic E-state index is 0.0172. The second-order valence-corrected chi connectivity index (χ2v) is 7.01. The number of nitrogens with zero attached hydrogens (tertiary/aromatic N) is 1. The Morgan fingerprint density at radius 1 is 1.43 bits per heavy atom. The van der Waals surface area contributed by atoms with Crippen molar-refractivity contribution in [3.63, 3.8) is 0 Å². The Morgan fingerprint density at radius 3 is 2.96 bits per heavy atom. The number of carbonyl (C=O) groups is 1. The van der Waals surface area contributed by atoms with E-state index in [-0.39, 0.29) is 23.4 Å². The summed E-state index contributed by atoms with van der Waals surface area (Å²) >= 11 is 1.19. The molecule has 2 fully saturated rings. The number of benzene rings is 1. The van der Waals surface area contributed by atoms with Crippen LogP contribution in [0.1, 0.15) is 16.1 Å². The summed E-state index contributed by atoms with van der Waals surface area (Å²) in [5.74, 6) is -0.513. The molecule has 23 heavy (non-hydrogen) atoms. The third-order valence-electron chi connectivity index (χ3n) is 4.27. The van der Waals surface area contributed by atoms with E-state index < -0.39 is 0 Å². The first-order chi connectivity index (χ1) is 11.2. The zero-order chi connectivity index (χ0) is 15.9. The van der Waals surface area contributed by atoms with E-state index in [1.54, 1.807) is 18.2 Å². The molecule has 0 bridgehead atoms. The topological polar surface area (TPSA) is 63.2 Å². The number of ether oxygens (including phenoxy) is 1. The molecule has 5 nitrogen and oxygen atoms in total. The van der Waals surface area contributed by atoms with Gasteiger partial charge in [-0.1, -0.05) is 12.1 Å². The van der Waals surface area contributed by atoms with Crippen LogP contribution in [0.5, 0.6) is 0 Å². The van der Waals surface area contributed by atoms with E-state index in [4.69, 9.17) is 4.74 Å². The number of aromatic nitrogens is 1. The van der Waals surface area contributed by atoms with E-state index in [2.05, 4.69) is 15.6 Å². The van der Waals surface area contributed by atoms with Crippen molar-refractivity contribution in [3.8, 4) is 10.6 Å². The predicted molar refractivity (Wildman–Crippen MR) is 84.9 cm³/mol. The standard InChI is InChI=1S/C16H16FN3O2S/c17-12-4-2-1-3-11(12)15-19-6-13(23-15)14(21)20-10-5-16(22-7-10)8-18-9-16/h1-4,6,10,18H,5,7-9H2,(H,20,21). The lowest BCUT2D eigenvalue weighted by Gasteiger charge is -2.38. The molecule has 1 amide bonds. The fourth-order valence-corrected chi connectivity index (χ4v) is 3.83. The van der Waals surface area contributed by atoms with Gasteiger partial charge in [-0.2, -0.15) is 0 Å². The molecular weight excluding hydrogens is 317 g/mol. The number of halogens is 1. The van der Waals surface area contributed by atoms with Crippen molar-refractivity contribution in [1.82, 2.24) is 15.6 Å². The van der Waals surface area contributed by atoms with Crippen LogP contribution >= 0.6 is 11.3 Å². The lowest BCUT2D eigenvalue weighted by atomic mass is 9.92. The van der Waals surface area contributed by atoms with Gasteiger partial charge in [0, 0.05) is 25.1 Å². The minimum atomic E-state index is -0.336. The smallest absolute Gasteiger partial charge is 0.263 e. The fourth-order valence-electron chi connectivity index (χ4n) is 2.98. The van der Waals surface area contributed by atoms with Gasteiger partial charge in [0.2, 0.25) is 0 Å². The largest absolute Gasteiger partial charge is 0.370 e. The Bertz CT molecular complexity index is 744. The fraction of sp³-hybridized carbons (Fsp3) is 0.375. The summed E-state index contributed by atoms with van der Waals surface area (Å²) in [5, 5.41) is 6.69. The summed E-state index contributed by atoms with van der Waals surface area (Å²) in [7, 11) is 0. The molecule has 0 saturated carbocycles. The highest BCUT2D eigenvalue weighted by molar-refractivity contribution is 7.16. The number of thiazole rings is 1. The molecule has 120 valence electrons. The quantitative estimate of drug-likeness (QED) is 0.899. The van der Waals surface area contributed by atoms with Crippen LogP contribution < -0.4 is 10.6 Å². The average molecular weight is 333 g/mol. The molecule has 0 radical (unpaired) electrons. The van der Waals surface area contributed by atoms with E-state index >= 15 is 0 Å². The van der Waals surface area contributed by atoms with E-state index in [0.717, 1.165) is 19.5 Å². The van der Waals surface area contributed by atoms with Crippen LogP contribution in [0, 0.1) is 5.82 Å². The molecule has 3 heterocycles.